The zero-order valence-electron chi connectivity index (χ0n) is 14.9. The second kappa shape index (κ2) is 8.74. The second-order valence-corrected chi connectivity index (χ2v) is 7.52. The zero-order chi connectivity index (χ0) is 20.0. The molecule has 0 atom stereocenters. The van der Waals surface area contributed by atoms with Crippen LogP contribution in [0, 0.1) is 5.82 Å². The fourth-order valence-electron chi connectivity index (χ4n) is 2.39. The van der Waals surface area contributed by atoms with Gasteiger partial charge in [0, 0.05) is 38.3 Å². The Morgan fingerprint density at radius 2 is 1.59 bits per heavy atom. The lowest BCUT2D eigenvalue weighted by molar-refractivity contribution is -0.116. The van der Waals surface area contributed by atoms with Crippen LogP contribution >= 0.6 is 0 Å². The van der Waals surface area contributed by atoms with Crippen molar-refractivity contribution in [1.29, 1.82) is 0 Å². The first-order valence-corrected chi connectivity index (χ1v) is 9.58. The molecule has 144 valence electrons. The van der Waals surface area contributed by atoms with Crippen LogP contribution in [0.2, 0.25) is 0 Å². The molecular formula is C18H20FN3O4S. The number of carbonyl (C=O) groups excluding carboxylic acids is 2. The molecule has 0 aromatic heterocycles. The molecule has 0 fully saturated rings. The highest BCUT2D eigenvalue weighted by molar-refractivity contribution is 7.89. The number of hydrogen-bond donors (Lipinski definition) is 2. The summed E-state index contributed by atoms with van der Waals surface area (Å²) in [5.74, 6) is -0.996. The standard InChI is InChI=1S/C18H20FN3O4S/c1-13(23)21-16-5-7-17(8-6-16)22(14(2)24)12-11-20-27(25,26)18-9-3-15(19)4-10-18/h3-10,20H,11-12H2,1-2H3,(H,21,23). The third kappa shape index (κ3) is 5.87. The van der Waals surface area contributed by atoms with Gasteiger partial charge in [0.15, 0.2) is 0 Å². The Hall–Kier alpha value is -2.78. The maximum Gasteiger partial charge on any atom is 0.240 e. The van der Waals surface area contributed by atoms with Gasteiger partial charge < -0.3 is 10.2 Å². The van der Waals surface area contributed by atoms with Gasteiger partial charge >= 0.3 is 0 Å². The third-order valence-electron chi connectivity index (χ3n) is 3.63. The molecule has 2 aromatic carbocycles. The van der Waals surface area contributed by atoms with Gasteiger partial charge in [-0.2, -0.15) is 0 Å². The van der Waals surface area contributed by atoms with E-state index in [1.165, 1.54) is 30.9 Å². The predicted molar refractivity (Wildman–Crippen MR) is 100 cm³/mol. The Morgan fingerprint density at radius 1 is 1.00 bits per heavy atom. The fourth-order valence-corrected chi connectivity index (χ4v) is 3.41. The van der Waals surface area contributed by atoms with Crippen LogP contribution < -0.4 is 14.9 Å². The van der Waals surface area contributed by atoms with E-state index in [-0.39, 0.29) is 29.8 Å². The van der Waals surface area contributed by atoms with Crippen molar-refractivity contribution in [3.8, 4) is 0 Å². The van der Waals surface area contributed by atoms with Crippen molar-refractivity contribution in [2.24, 2.45) is 0 Å². The predicted octanol–water partition coefficient (Wildman–Crippen LogP) is 2.12. The average Bonchev–Trinajstić information content (AvgIpc) is 2.59. The summed E-state index contributed by atoms with van der Waals surface area (Å²) in [4.78, 5) is 24.3. The minimum absolute atomic E-state index is 0.0211. The van der Waals surface area contributed by atoms with Gasteiger partial charge in [0.05, 0.1) is 4.90 Å². The van der Waals surface area contributed by atoms with Crippen LogP contribution in [0.15, 0.2) is 53.4 Å². The summed E-state index contributed by atoms with van der Waals surface area (Å²) in [5, 5.41) is 2.62. The van der Waals surface area contributed by atoms with Crippen LogP contribution in [0.25, 0.3) is 0 Å². The van der Waals surface area contributed by atoms with E-state index in [4.69, 9.17) is 0 Å². The van der Waals surface area contributed by atoms with E-state index < -0.39 is 15.8 Å². The number of nitrogens with zero attached hydrogens (tertiary/aromatic N) is 1. The van der Waals surface area contributed by atoms with Gasteiger partial charge in [-0.1, -0.05) is 0 Å². The van der Waals surface area contributed by atoms with E-state index >= 15 is 0 Å². The molecule has 0 spiro atoms. The number of benzene rings is 2. The van der Waals surface area contributed by atoms with Gasteiger partial charge in [-0.05, 0) is 48.5 Å². The number of sulfonamides is 1. The van der Waals surface area contributed by atoms with Crippen LogP contribution in [0.5, 0.6) is 0 Å². The Morgan fingerprint density at radius 3 is 2.11 bits per heavy atom. The number of carbonyl (C=O) groups is 2. The molecule has 0 bridgehead atoms. The molecule has 0 saturated carbocycles. The van der Waals surface area contributed by atoms with Gasteiger partial charge in [0.1, 0.15) is 5.82 Å². The van der Waals surface area contributed by atoms with Crippen molar-refractivity contribution in [3.05, 3.63) is 54.3 Å². The van der Waals surface area contributed by atoms with Crippen LogP contribution in [0.3, 0.4) is 0 Å². The molecule has 0 saturated heterocycles. The summed E-state index contributed by atoms with van der Waals surface area (Å²) in [6.45, 7) is 2.85. The molecule has 7 nitrogen and oxygen atoms in total. The number of amides is 2. The van der Waals surface area contributed by atoms with Gasteiger partial charge in [0.2, 0.25) is 21.8 Å². The highest BCUT2D eigenvalue weighted by Gasteiger charge is 2.16. The maximum absolute atomic E-state index is 12.9. The lowest BCUT2D eigenvalue weighted by Crippen LogP contribution is -2.37. The Balaban J connectivity index is 2.03. The molecule has 2 rings (SSSR count). The van der Waals surface area contributed by atoms with E-state index in [9.17, 15) is 22.4 Å². The van der Waals surface area contributed by atoms with Crippen molar-refractivity contribution in [1.82, 2.24) is 4.72 Å². The van der Waals surface area contributed by atoms with Crippen molar-refractivity contribution in [3.63, 3.8) is 0 Å². The first kappa shape index (κ1) is 20.5. The van der Waals surface area contributed by atoms with Crippen molar-refractivity contribution in [2.45, 2.75) is 18.7 Å². The quantitative estimate of drug-likeness (QED) is 0.753. The summed E-state index contributed by atoms with van der Waals surface area (Å²) in [7, 11) is -3.80. The highest BCUT2D eigenvalue weighted by atomic mass is 32.2. The summed E-state index contributed by atoms with van der Waals surface area (Å²) in [6.07, 6.45) is 0. The molecule has 2 amide bonds. The molecule has 27 heavy (non-hydrogen) atoms. The first-order valence-electron chi connectivity index (χ1n) is 8.10. The smallest absolute Gasteiger partial charge is 0.240 e. The lowest BCUT2D eigenvalue weighted by Gasteiger charge is -2.21. The molecule has 0 aliphatic carbocycles. The normalized spacial score (nSPS) is 11.1. The number of halogens is 1. The largest absolute Gasteiger partial charge is 0.326 e. The molecule has 9 heteroatoms. The second-order valence-electron chi connectivity index (χ2n) is 5.75. The lowest BCUT2D eigenvalue weighted by atomic mass is 10.2. The van der Waals surface area contributed by atoms with E-state index in [0.29, 0.717) is 11.4 Å². The van der Waals surface area contributed by atoms with E-state index in [1.807, 2.05) is 0 Å². The average molecular weight is 393 g/mol. The molecule has 0 heterocycles. The fraction of sp³-hybridized carbons (Fsp3) is 0.222. The number of anilines is 2. The van der Waals surface area contributed by atoms with Crippen LogP contribution in [0.1, 0.15) is 13.8 Å². The minimum atomic E-state index is -3.80. The molecule has 0 unspecified atom stereocenters. The van der Waals surface area contributed by atoms with Gasteiger partial charge in [-0.25, -0.2) is 17.5 Å². The summed E-state index contributed by atoms with van der Waals surface area (Å²) in [5.41, 5.74) is 1.16. The topological polar surface area (TPSA) is 95.6 Å². The Bertz CT molecular complexity index is 913. The number of nitrogens with one attached hydrogen (secondary N) is 2. The summed E-state index contributed by atoms with van der Waals surface area (Å²) < 4.78 is 39.7. The van der Waals surface area contributed by atoms with Crippen molar-refractivity contribution >= 4 is 33.2 Å². The van der Waals surface area contributed by atoms with Crippen LogP contribution in [-0.4, -0.2) is 33.3 Å². The summed E-state index contributed by atoms with van der Waals surface area (Å²) >= 11 is 0. The highest BCUT2D eigenvalue weighted by Crippen LogP contribution is 2.18. The summed E-state index contributed by atoms with van der Waals surface area (Å²) in [6, 6.07) is 11.1. The maximum atomic E-state index is 12.9. The SMILES string of the molecule is CC(=O)Nc1ccc(N(CCNS(=O)(=O)c2ccc(F)cc2)C(C)=O)cc1. The molecular weight excluding hydrogens is 373 g/mol. The molecule has 2 aromatic rings. The van der Waals surface area contributed by atoms with E-state index in [1.54, 1.807) is 24.3 Å². The molecule has 0 aliphatic rings. The Labute approximate surface area is 157 Å². The van der Waals surface area contributed by atoms with E-state index in [0.717, 1.165) is 12.1 Å². The third-order valence-corrected chi connectivity index (χ3v) is 5.11. The van der Waals surface area contributed by atoms with Gasteiger partial charge in [0.25, 0.3) is 0 Å². The number of hydrogen-bond acceptors (Lipinski definition) is 4. The molecule has 0 aliphatic heterocycles. The van der Waals surface area contributed by atoms with Crippen LogP contribution in [0.4, 0.5) is 15.8 Å². The van der Waals surface area contributed by atoms with Crippen molar-refractivity contribution < 1.29 is 22.4 Å². The zero-order valence-corrected chi connectivity index (χ0v) is 15.7. The monoisotopic (exact) mass is 393 g/mol. The Kier molecular flexibility index (Phi) is 6.65. The van der Waals surface area contributed by atoms with E-state index in [2.05, 4.69) is 10.0 Å². The van der Waals surface area contributed by atoms with Gasteiger partial charge in [-0.15, -0.1) is 0 Å². The first-order chi connectivity index (χ1) is 12.7. The number of rotatable bonds is 7. The molecule has 2 N–H and O–H groups in total. The molecule has 0 radical (unpaired) electrons. The van der Waals surface area contributed by atoms with Crippen molar-refractivity contribution in [2.75, 3.05) is 23.3 Å². The minimum Gasteiger partial charge on any atom is -0.326 e. The van der Waals surface area contributed by atoms with Gasteiger partial charge in [-0.3, -0.25) is 9.59 Å². The van der Waals surface area contributed by atoms with Crippen LogP contribution in [-0.2, 0) is 19.6 Å².